The van der Waals surface area contributed by atoms with Gasteiger partial charge in [-0.1, -0.05) is 6.07 Å². The Hall–Kier alpha value is -1.35. The molecule has 0 fully saturated rings. The van der Waals surface area contributed by atoms with Gasteiger partial charge in [0.2, 0.25) is 10.0 Å². The molecule has 0 atom stereocenters. The van der Waals surface area contributed by atoms with Crippen molar-refractivity contribution in [3.63, 3.8) is 0 Å². The van der Waals surface area contributed by atoms with E-state index in [1.807, 2.05) is 12.3 Å². The molecule has 0 amide bonds. The van der Waals surface area contributed by atoms with Gasteiger partial charge in [0.1, 0.15) is 10.7 Å². The molecule has 2 aromatic rings. The van der Waals surface area contributed by atoms with Crippen molar-refractivity contribution in [3.05, 3.63) is 45.7 Å². The molecule has 21 heavy (non-hydrogen) atoms. The van der Waals surface area contributed by atoms with Crippen LogP contribution in [0.1, 0.15) is 16.3 Å². The van der Waals surface area contributed by atoms with E-state index in [0.29, 0.717) is 12.0 Å². The first-order valence-electron chi connectivity index (χ1n) is 6.31. The zero-order valence-electron chi connectivity index (χ0n) is 11.5. The third-order valence-corrected chi connectivity index (χ3v) is 5.16. The molecule has 3 N–H and O–H groups in total. The van der Waals surface area contributed by atoms with E-state index in [0.717, 1.165) is 16.8 Å². The van der Waals surface area contributed by atoms with Crippen LogP contribution in [-0.2, 0) is 23.0 Å². The smallest absolute Gasteiger partial charge is 0.243 e. The summed E-state index contributed by atoms with van der Waals surface area (Å²) in [6.45, 7) is 2.20. The summed E-state index contributed by atoms with van der Waals surface area (Å²) in [6, 6.07) is 3.83. The Kier molecular flexibility index (Phi) is 5.04. The van der Waals surface area contributed by atoms with Gasteiger partial charge in [-0.05, 0) is 24.6 Å². The second-order valence-electron chi connectivity index (χ2n) is 4.47. The van der Waals surface area contributed by atoms with E-state index >= 15 is 0 Å². The summed E-state index contributed by atoms with van der Waals surface area (Å²) in [5, 5.41) is 2.80. The Morgan fingerprint density at radius 3 is 2.81 bits per heavy atom. The number of rotatable bonds is 6. The lowest BCUT2D eigenvalue weighted by atomic mass is 10.2. The average Bonchev–Trinajstić information content (AvgIpc) is 2.84. The first-order valence-corrected chi connectivity index (χ1v) is 8.68. The van der Waals surface area contributed by atoms with Gasteiger partial charge in [0.25, 0.3) is 0 Å². The van der Waals surface area contributed by atoms with Gasteiger partial charge in [0.05, 0.1) is 10.7 Å². The van der Waals surface area contributed by atoms with Crippen molar-refractivity contribution in [2.75, 3.05) is 6.54 Å². The van der Waals surface area contributed by atoms with Gasteiger partial charge in [-0.3, -0.25) is 0 Å². The standard InChI is InChI=1S/C13H16FN3O2S2/c1-9-17-11(8-20-9)4-5-16-21(18,19)13-6-10(7-15)2-3-12(13)14/h2-3,6,8,16H,4-5,7,15H2,1H3. The molecular weight excluding hydrogens is 313 g/mol. The quantitative estimate of drug-likeness (QED) is 0.842. The Morgan fingerprint density at radius 1 is 1.43 bits per heavy atom. The van der Waals surface area contributed by atoms with Crippen LogP contribution in [0.25, 0.3) is 0 Å². The fourth-order valence-corrected chi connectivity index (χ4v) is 3.60. The third-order valence-electron chi connectivity index (χ3n) is 2.86. The molecule has 1 heterocycles. The molecule has 8 heteroatoms. The van der Waals surface area contributed by atoms with Crippen molar-refractivity contribution >= 4 is 21.4 Å². The van der Waals surface area contributed by atoms with Crippen LogP contribution in [0.5, 0.6) is 0 Å². The normalized spacial score (nSPS) is 11.8. The van der Waals surface area contributed by atoms with E-state index < -0.39 is 15.8 Å². The highest BCUT2D eigenvalue weighted by molar-refractivity contribution is 7.89. The number of benzene rings is 1. The van der Waals surface area contributed by atoms with Gasteiger partial charge in [0, 0.05) is 24.9 Å². The van der Waals surface area contributed by atoms with E-state index in [1.54, 1.807) is 0 Å². The molecule has 2 rings (SSSR count). The van der Waals surface area contributed by atoms with Crippen LogP contribution >= 0.6 is 11.3 Å². The number of halogens is 1. The average molecular weight is 329 g/mol. The number of nitrogens with zero attached hydrogens (tertiary/aromatic N) is 1. The number of hydrogen-bond donors (Lipinski definition) is 2. The minimum absolute atomic E-state index is 0.154. The van der Waals surface area contributed by atoms with Gasteiger partial charge in [-0.2, -0.15) is 0 Å². The molecule has 5 nitrogen and oxygen atoms in total. The Bertz CT molecular complexity index is 729. The van der Waals surface area contributed by atoms with Crippen molar-refractivity contribution in [2.24, 2.45) is 5.73 Å². The van der Waals surface area contributed by atoms with Crippen LogP contribution in [0.15, 0.2) is 28.5 Å². The summed E-state index contributed by atoms with van der Waals surface area (Å²) < 4.78 is 40.3. The minimum atomic E-state index is -3.89. The largest absolute Gasteiger partial charge is 0.326 e. The third kappa shape index (κ3) is 4.07. The molecule has 0 aliphatic heterocycles. The maximum absolute atomic E-state index is 13.7. The SMILES string of the molecule is Cc1nc(CCNS(=O)(=O)c2cc(CN)ccc2F)cs1. The topological polar surface area (TPSA) is 85.1 Å². The van der Waals surface area contributed by atoms with Gasteiger partial charge in [0.15, 0.2) is 0 Å². The molecule has 0 aliphatic carbocycles. The minimum Gasteiger partial charge on any atom is -0.326 e. The first-order chi connectivity index (χ1) is 9.92. The first kappa shape index (κ1) is 16.0. The van der Waals surface area contributed by atoms with Crippen LogP contribution in [-0.4, -0.2) is 19.9 Å². The van der Waals surface area contributed by atoms with Crippen molar-refractivity contribution in [3.8, 4) is 0 Å². The Morgan fingerprint density at radius 2 is 2.19 bits per heavy atom. The van der Waals surface area contributed by atoms with E-state index in [-0.39, 0.29) is 18.0 Å². The zero-order chi connectivity index (χ0) is 15.5. The lowest BCUT2D eigenvalue weighted by molar-refractivity contribution is 0.556. The lowest BCUT2D eigenvalue weighted by Crippen LogP contribution is -2.27. The molecule has 0 spiro atoms. The van der Waals surface area contributed by atoms with Crippen LogP contribution in [0.2, 0.25) is 0 Å². The van der Waals surface area contributed by atoms with E-state index in [9.17, 15) is 12.8 Å². The van der Waals surface area contributed by atoms with Crippen LogP contribution in [0, 0.1) is 12.7 Å². The second kappa shape index (κ2) is 6.61. The highest BCUT2D eigenvalue weighted by Gasteiger charge is 2.19. The number of hydrogen-bond acceptors (Lipinski definition) is 5. The summed E-state index contributed by atoms with van der Waals surface area (Å²) in [6.07, 6.45) is 0.460. The fourth-order valence-electron chi connectivity index (χ4n) is 1.79. The highest BCUT2D eigenvalue weighted by atomic mass is 32.2. The summed E-state index contributed by atoms with van der Waals surface area (Å²) in [7, 11) is -3.89. The van der Waals surface area contributed by atoms with Gasteiger partial charge in [-0.15, -0.1) is 11.3 Å². The number of aromatic nitrogens is 1. The molecule has 1 aromatic heterocycles. The molecular formula is C13H16FN3O2S2. The van der Waals surface area contributed by atoms with Gasteiger partial charge < -0.3 is 5.73 Å². The van der Waals surface area contributed by atoms with E-state index in [1.165, 1.54) is 23.5 Å². The Labute approximate surface area is 127 Å². The Balaban J connectivity index is 2.07. The zero-order valence-corrected chi connectivity index (χ0v) is 13.1. The van der Waals surface area contributed by atoms with E-state index in [4.69, 9.17) is 5.73 Å². The number of sulfonamides is 1. The summed E-state index contributed by atoms with van der Waals surface area (Å²) in [5.41, 5.74) is 6.82. The monoisotopic (exact) mass is 329 g/mol. The second-order valence-corrected chi connectivity index (χ2v) is 7.27. The summed E-state index contributed by atoms with van der Waals surface area (Å²) >= 11 is 1.50. The van der Waals surface area contributed by atoms with Gasteiger partial charge in [-0.25, -0.2) is 22.5 Å². The number of aryl methyl sites for hydroxylation is 1. The molecule has 1 aromatic carbocycles. The van der Waals surface area contributed by atoms with Crippen LogP contribution < -0.4 is 10.5 Å². The van der Waals surface area contributed by atoms with Gasteiger partial charge >= 0.3 is 0 Å². The molecule has 0 saturated carbocycles. The summed E-state index contributed by atoms with van der Waals surface area (Å²) in [4.78, 5) is 3.87. The maximum Gasteiger partial charge on any atom is 0.243 e. The molecule has 0 saturated heterocycles. The van der Waals surface area contributed by atoms with Crippen molar-refractivity contribution < 1.29 is 12.8 Å². The number of nitrogens with one attached hydrogen (secondary N) is 1. The summed E-state index contributed by atoms with van der Waals surface area (Å²) in [5.74, 6) is -0.788. The molecule has 0 aliphatic rings. The van der Waals surface area contributed by atoms with Crippen LogP contribution in [0.3, 0.4) is 0 Å². The van der Waals surface area contributed by atoms with Crippen molar-refractivity contribution in [1.82, 2.24) is 9.71 Å². The van der Waals surface area contributed by atoms with Crippen molar-refractivity contribution in [2.45, 2.75) is 24.8 Å². The van der Waals surface area contributed by atoms with Crippen molar-refractivity contribution in [1.29, 1.82) is 0 Å². The molecule has 0 bridgehead atoms. The fraction of sp³-hybridized carbons (Fsp3) is 0.308. The highest BCUT2D eigenvalue weighted by Crippen LogP contribution is 2.16. The molecule has 0 radical (unpaired) electrons. The predicted octanol–water partition coefficient (Wildman–Crippen LogP) is 1.57. The van der Waals surface area contributed by atoms with Crippen LogP contribution in [0.4, 0.5) is 4.39 Å². The predicted molar refractivity (Wildman–Crippen MR) is 80.0 cm³/mol. The molecule has 0 unspecified atom stereocenters. The lowest BCUT2D eigenvalue weighted by Gasteiger charge is -2.08. The van der Waals surface area contributed by atoms with E-state index in [2.05, 4.69) is 9.71 Å². The maximum atomic E-state index is 13.7. The number of thiazole rings is 1. The molecule has 114 valence electrons. The number of nitrogens with two attached hydrogens (primary N) is 1.